The van der Waals surface area contributed by atoms with Gasteiger partial charge in [0.2, 0.25) is 0 Å². The summed E-state index contributed by atoms with van der Waals surface area (Å²) in [5.41, 5.74) is -0.0740. The fraction of sp³-hybridized carbons (Fsp3) is 0.846. The zero-order valence-corrected chi connectivity index (χ0v) is 12.1. The van der Waals surface area contributed by atoms with Gasteiger partial charge in [-0.15, -0.1) is 0 Å². The van der Waals surface area contributed by atoms with Crippen LogP contribution in [0.1, 0.15) is 20.3 Å². The number of ether oxygens (including phenoxy) is 1. The van der Waals surface area contributed by atoms with Crippen LogP contribution in [0.4, 0.5) is 0 Å². The van der Waals surface area contributed by atoms with Crippen LogP contribution in [0.5, 0.6) is 0 Å². The zero-order chi connectivity index (χ0) is 14.3. The minimum atomic E-state index is -0.507. The highest BCUT2D eigenvalue weighted by molar-refractivity contribution is 6.35. The number of nitrogens with zero attached hydrogens (tertiary/aromatic N) is 1. The van der Waals surface area contributed by atoms with Gasteiger partial charge in [-0.25, -0.2) is 0 Å². The monoisotopic (exact) mass is 271 g/mol. The first-order chi connectivity index (χ1) is 8.96. The third-order valence-electron chi connectivity index (χ3n) is 3.31. The highest BCUT2D eigenvalue weighted by atomic mass is 16.5. The first kappa shape index (κ1) is 15.9. The number of carbonyl (C=O) groups excluding carboxylic acids is 2. The lowest BCUT2D eigenvalue weighted by Gasteiger charge is -2.28. The molecule has 0 radical (unpaired) electrons. The minimum Gasteiger partial charge on any atom is -0.385 e. The van der Waals surface area contributed by atoms with Gasteiger partial charge in [-0.2, -0.15) is 0 Å². The van der Waals surface area contributed by atoms with Gasteiger partial charge in [-0.3, -0.25) is 9.59 Å². The molecule has 6 nitrogen and oxygen atoms in total. The van der Waals surface area contributed by atoms with Crippen LogP contribution in [0.3, 0.4) is 0 Å². The molecule has 1 aliphatic heterocycles. The van der Waals surface area contributed by atoms with Gasteiger partial charge in [0.1, 0.15) is 0 Å². The van der Waals surface area contributed by atoms with Crippen LogP contribution in [-0.2, 0) is 14.3 Å². The van der Waals surface area contributed by atoms with Crippen molar-refractivity contribution >= 4 is 11.8 Å². The molecule has 1 fully saturated rings. The molecule has 1 aliphatic rings. The average molecular weight is 271 g/mol. The number of methoxy groups -OCH3 is 1. The molecule has 110 valence electrons. The van der Waals surface area contributed by atoms with Crippen molar-refractivity contribution in [3.8, 4) is 0 Å². The van der Waals surface area contributed by atoms with Crippen molar-refractivity contribution in [2.24, 2.45) is 5.41 Å². The van der Waals surface area contributed by atoms with E-state index in [2.05, 4.69) is 10.6 Å². The van der Waals surface area contributed by atoms with Gasteiger partial charge in [0, 0.05) is 46.4 Å². The molecular formula is C13H25N3O3. The van der Waals surface area contributed by atoms with Gasteiger partial charge in [0.05, 0.1) is 0 Å². The summed E-state index contributed by atoms with van der Waals surface area (Å²) >= 11 is 0. The number of carbonyl (C=O) groups is 2. The van der Waals surface area contributed by atoms with Gasteiger partial charge in [0.15, 0.2) is 0 Å². The van der Waals surface area contributed by atoms with Gasteiger partial charge in [-0.05, 0) is 11.8 Å². The van der Waals surface area contributed by atoms with E-state index >= 15 is 0 Å². The first-order valence-corrected chi connectivity index (χ1v) is 6.73. The number of rotatable bonds is 5. The van der Waals surface area contributed by atoms with E-state index in [0.717, 1.165) is 19.5 Å². The van der Waals surface area contributed by atoms with Crippen molar-refractivity contribution in [2.45, 2.75) is 20.3 Å². The number of hydrogen-bond acceptors (Lipinski definition) is 4. The molecule has 0 spiro atoms. The van der Waals surface area contributed by atoms with E-state index in [9.17, 15) is 9.59 Å². The normalized spacial score (nSPS) is 16.3. The van der Waals surface area contributed by atoms with Crippen molar-refractivity contribution in [1.82, 2.24) is 15.5 Å². The highest BCUT2D eigenvalue weighted by Gasteiger charge is 2.25. The Kier molecular flexibility index (Phi) is 6.24. The summed E-state index contributed by atoms with van der Waals surface area (Å²) in [6.45, 7) is 7.90. The predicted molar refractivity (Wildman–Crippen MR) is 72.7 cm³/mol. The van der Waals surface area contributed by atoms with Crippen molar-refractivity contribution in [3.05, 3.63) is 0 Å². The molecule has 1 rings (SSSR count). The zero-order valence-electron chi connectivity index (χ0n) is 12.1. The smallest absolute Gasteiger partial charge is 0.311 e. The molecule has 0 aromatic rings. The average Bonchev–Trinajstić information content (AvgIpc) is 2.43. The van der Waals surface area contributed by atoms with Crippen molar-refractivity contribution < 1.29 is 14.3 Å². The van der Waals surface area contributed by atoms with Crippen molar-refractivity contribution in [2.75, 3.05) is 46.4 Å². The lowest BCUT2D eigenvalue weighted by atomic mass is 9.90. The fourth-order valence-electron chi connectivity index (χ4n) is 1.87. The number of hydrogen-bond donors (Lipinski definition) is 2. The minimum absolute atomic E-state index is 0.0740. The molecule has 0 aromatic heterocycles. The molecule has 2 N–H and O–H groups in total. The molecule has 0 aliphatic carbocycles. The quantitative estimate of drug-likeness (QED) is 0.667. The Morgan fingerprint density at radius 3 is 2.53 bits per heavy atom. The van der Waals surface area contributed by atoms with E-state index in [0.29, 0.717) is 26.2 Å². The van der Waals surface area contributed by atoms with Gasteiger partial charge < -0.3 is 20.3 Å². The Balaban J connectivity index is 2.35. The second-order valence-corrected chi connectivity index (χ2v) is 5.63. The van der Waals surface area contributed by atoms with Crippen LogP contribution in [-0.4, -0.2) is 63.2 Å². The Labute approximate surface area is 114 Å². The van der Waals surface area contributed by atoms with Crippen LogP contribution < -0.4 is 10.6 Å². The Bertz CT molecular complexity index is 312. The van der Waals surface area contributed by atoms with E-state index < -0.39 is 11.8 Å². The summed E-state index contributed by atoms with van der Waals surface area (Å²) in [5, 5.41) is 5.87. The first-order valence-electron chi connectivity index (χ1n) is 6.73. The Morgan fingerprint density at radius 2 is 1.95 bits per heavy atom. The molecule has 2 amide bonds. The maximum Gasteiger partial charge on any atom is 0.311 e. The maximum atomic E-state index is 11.9. The Morgan fingerprint density at radius 1 is 1.32 bits per heavy atom. The molecule has 19 heavy (non-hydrogen) atoms. The lowest BCUT2D eigenvalue weighted by molar-refractivity contribution is -0.146. The SMILES string of the molecule is COCCC(C)(C)CNC(=O)C(=O)N1CCNCC1. The summed E-state index contributed by atoms with van der Waals surface area (Å²) in [6, 6.07) is 0. The topological polar surface area (TPSA) is 70.7 Å². The molecule has 0 aromatic carbocycles. The summed E-state index contributed by atoms with van der Waals surface area (Å²) in [6.07, 6.45) is 0.839. The molecule has 0 saturated carbocycles. The lowest BCUT2D eigenvalue weighted by Crippen LogP contribution is -2.52. The molecular weight excluding hydrogens is 246 g/mol. The maximum absolute atomic E-state index is 11.9. The van der Waals surface area contributed by atoms with Crippen LogP contribution in [0.25, 0.3) is 0 Å². The van der Waals surface area contributed by atoms with Crippen molar-refractivity contribution in [1.29, 1.82) is 0 Å². The van der Waals surface area contributed by atoms with Gasteiger partial charge >= 0.3 is 11.8 Å². The number of amides is 2. The van der Waals surface area contributed by atoms with E-state index in [4.69, 9.17) is 4.74 Å². The van der Waals surface area contributed by atoms with Crippen LogP contribution in [0.15, 0.2) is 0 Å². The Hall–Kier alpha value is -1.14. The third-order valence-corrected chi connectivity index (χ3v) is 3.31. The third kappa shape index (κ3) is 5.57. The molecule has 1 heterocycles. The number of nitrogens with one attached hydrogen (secondary N) is 2. The molecule has 6 heteroatoms. The fourth-order valence-corrected chi connectivity index (χ4v) is 1.87. The van der Waals surface area contributed by atoms with E-state index in [1.54, 1.807) is 12.0 Å². The number of piperazine rings is 1. The van der Waals surface area contributed by atoms with Crippen LogP contribution in [0, 0.1) is 5.41 Å². The van der Waals surface area contributed by atoms with Crippen LogP contribution >= 0.6 is 0 Å². The largest absolute Gasteiger partial charge is 0.385 e. The highest BCUT2D eigenvalue weighted by Crippen LogP contribution is 2.18. The van der Waals surface area contributed by atoms with E-state index in [-0.39, 0.29) is 5.41 Å². The van der Waals surface area contributed by atoms with Gasteiger partial charge in [0.25, 0.3) is 0 Å². The van der Waals surface area contributed by atoms with Crippen LogP contribution in [0.2, 0.25) is 0 Å². The summed E-state index contributed by atoms with van der Waals surface area (Å²) in [4.78, 5) is 25.3. The standard InChI is InChI=1S/C13H25N3O3/c1-13(2,4-9-19-3)10-15-11(17)12(18)16-7-5-14-6-8-16/h14H,4-10H2,1-3H3,(H,15,17). The molecule has 0 atom stereocenters. The van der Waals surface area contributed by atoms with E-state index in [1.165, 1.54) is 0 Å². The second-order valence-electron chi connectivity index (χ2n) is 5.63. The molecule has 0 bridgehead atoms. The second kappa shape index (κ2) is 7.45. The van der Waals surface area contributed by atoms with Gasteiger partial charge in [-0.1, -0.05) is 13.8 Å². The van der Waals surface area contributed by atoms with E-state index in [1.807, 2.05) is 13.8 Å². The summed E-state index contributed by atoms with van der Waals surface area (Å²) in [7, 11) is 1.66. The summed E-state index contributed by atoms with van der Waals surface area (Å²) in [5.74, 6) is -0.934. The van der Waals surface area contributed by atoms with Crippen molar-refractivity contribution in [3.63, 3.8) is 0 Å². The summed E-state index contributed by atoms with van der Waals surface area (Å²) < 4.78 is 5.03. The predicted octanol–water partition coefficient (Wildman–Crippen LogP) is -0.403. The molecule has 0 unspecified atom stereocenters. The molecule has 1 saturated heterocycles.